The topological polar surface area (TPSA) is 202 Å². The zero-order valence-electron chi connectivity index (χ0n) is 22.8. The second kappa shape index (κ2) is 11.0. The molecule has 1 aromatic heterocycles. The number of carbonyl (C=O) groups is 4. The second-order valence-electron chi connectivity index (χ2n) is 11.1. The number of nitrogens with two attached hydrogens (primary N) is 2. The van der Waals surface area contributed by atoms with Crippen molar-refractivity contribution < 1.29 is 37.5 Å². The van der Waals surface area contributed by atoms with Crippen LogP contribution in [0.5, 0.6) is 0 Å². The number of carboxylic acid groups (broad SMARTS) is 1. The van der Waals surface area contributed by atoms with Gasteiger partial charge in [0.05, 0.1) is 18.0 Å². The number of nitrogens with one attached hydrogen (secondary N) is 2. The second-order valence-corrected chi connectivity index (χ2v) is 12.4. The number of nitrogen functional groups attached to an aromatic ring is 1. The van der Waals surface area contributed by atoms with Gasteiger partial charge in [0, 0.05) is 47.8 Å². The summed E-state index contributed by atoms with van der Waals surface area (Å²) in [5.74, 6) is -5.68. The first-order valence-electron chi connectivity index (χ1n) is 13.5. The van der Waals surface area contributed by atoms with E-state index in [4.69, 9.17) is 11.5 Å². The van der Waals surface area contributed by atoms with Gasteiger partial charge >= 0.3 is 12.1 Å². The van der Waals surface area contributed by atoms with Gasteiger partial charge in [-0.05, 0) is 19.8 Å². The largest absolute Gasteiger partial charge is 0.477 e. The summed E-state index contributed by atoms with van der Waals surface area (Å²) < 4.78 is 39.2. The zero-order valence-corrected chi connectivity index (χ0v) is 23.6. The third-order valence-electron chi connectivity index (χ3n) is 8.18. The molecule has 0 bridgehead atoms. The Morgan fingerprint density at radius 1 is 1.31 bits per heavy atom. The van der Waals surface area contributed by atoms with E-state index < -0.39 is 66.3 Å². The number of alkyl halides is 3. The third kappa shape index (κ3) is 5.42. The lowest BCUT2D eigenvalue weighted by Crippen LogP contribution is -2.66. The number of carboxylic acids is 1. The number of fused-ring (bicyclic) bond motifs is 1. The van der Waals surface area contributed by atoms with Gasteiger partial charge in [-0.2, -0.15) is 18.2 Å². The molecule has 18 heteroatoms. The number of aliphatic carboxylic acids is 1. The molecule has 3 amide bonds. The van der Waals surface area contributed by atoms with Crippen LogP contribution in [0.3, 0.4) is 0 Å². The first kappa shape index (κ1) is 30.1. The summed E-state index contributed by atoms with van der Waals surface area (Å²) in [6.45, 7) is 4.34. The number of aromatic nitrogens is 3. The smallest absolute Gasteiger partial charge is 0.453 e. The Hall–Kier alpha value is -3.38. The van der Waals surface area contributed by atoms with Crippen molar-refractivity contribution in [3.05, 3.63) is 16.4 Å². The Bertz CT molecular complexity index is 1340. The SMILES string of the molecule is C[C@@H](NC(=O)Cn1nc(C(F)(F)F)nc1N)[C@H]1C(=O)N2C(C(=O)O)=C(S[C@@H]3CN[C@H](C(=O)N4CCC(N)C4)C3)[C@H](C)[C@H]12. The molecule has 230 valence electrons. The Morgan fingerprint density at radius 3 is 2.62 bits per heavy atom. The number of rotatable bonds is 8. The molecule has 1 aromatic rings. The molecular weight excluding hydrogens is 583 g/mol. The number of β-lactam (4-membered cyclic amide) rings is 1. The molecule has 0 spiro atoms. The first-order chi connectivity index (χ1) is 19.7. The number of amides is 3. The van der Waals surface area contributed by atoms with Crippen LogP contribution < -0.4 is 22.1 Å². The summed E-state index contributed by atoms with van der Waals surface area (Å²) in [6.07, 6.45) is -3.59. The van der Waals surface area contributed by atoms with E-state index in [1.165, 1.54) is 16.7 Å². The summed E-state index contributed by atoms with van der Waals surface area (Å²) in [5, 5.41) is 19.0. The van der Waals surface area contributed by atoms with E-state index in [9.17, 15) is 37.5 Å². The van der Waals surface area contributed by atoms with Gasteiger partial charge in [-0.25, -0.2) is 9.48 Å². The lowest BCUT2D eigenvalue weighted by atomic mass is 9.78. The molecule has 4 aliphatic rings. The zero-order chi connectivity index (χ0) is 30.7. The Labute approximate surface area is 242 Å². The van der Waals surface area contributed by atoms with Crippen molar-refractivity contribution in [1.82, 2.24) is 35.2 Å². The molecule has 3 fully saturated rings. The van der Waals surface area contributed by atoms with Crippen molar-refractivity contribution in [3.63, 3.8) is 0 Å². The molecule has 0 aliphatic carbocycles. The molecule has 42 heavy (non-hydrogen) atoms. The van der Waals surface area contributed by atoms with Gasteiger partial charge in [-0.15, -0.1) is 16.9 Å². The summed E-state index contributed by atoms with van der Waals surface area (Å²) >= 11 is 1.34. The summed E-state index contributed by atoms with van der Waals surface area (Å²) in [5.41, 5.74) is 11.3. The first-order valence-corrected chi connectivity index (χ1v) is 14.4. The molecule has 4 aliphatic heterocycles. The molecule has 0 radical (unpaired) electrons. The van der Waals surface area contributed by atoms with Gasteiger partial charge in [-0.1, -0.05) is 6.92 Å². The van der Waals surface area contributed by atoms with Crippen molar-refractivity contribution in [3.8, 4) is 0 Å². The van der Waals surface area contributed by atoms with Gasteiger partial charge < -0.3 is 37.0 Å². The van der Waals surface area contributed by atoms with Crippen LogP contribution in [0.4, 0.5) is 19.1 Å². The van der Waals surface area contributed by atoms with Crippen molar-refractivity contribution in [2.45, 2.75) is 68.8 Å². The standard InChI is InChI=1S/C24H32F3N9O5S/c1-9-16-15(10(2)31-14(37)8-35-23(29)32-22(33-35)24(25,26)27)20(39)36(16)17(21(40)41)18(9)42-12-5-13(30-6-12)19(38)34-4-3-11(28)7-34/h9-13,15-16,30H,3-8,28H2,1-2H3,(H,31,37)(H,40,41)(H2,29,32,33)/t9-,10-,11?,12+,13+,15-,16-/m1/s1. The predicted octanol–water partition coefficient (Wildman–Crippen LogP) is -0.820. The Kier molecular flexibility index (Phi) is 7.90. The van der Waals surface area contributed by atoms with Crippen LogP contribution in [0.25, 0.3) is 0 Å². The molecule has 5 heterocycles. The fourth-order valence-electron chi connectivity index (χ4n) is 6.18. The average molecular weight is 616 g/mol. The average Bonchev–Trinajstić information content (AvgIpc) is 3.66. The quantitative estimate of drug-likeness (QED) is 0.229. The maximum Gasteiger partial charge on any atom is 0.453 e. The minimum atomic E-state index is -4.83. The van der Waals surface area contributed by atoms with Gasteiger partial charge in [0.15, 0.2) is 0 Å². The summed E-state index contributed by atoms with van der Waals surface area (Å²) in [7, 11) is 0. The number of hydrogen-bond donors (Lipinski definition) is 5. The highest BCUT2D eigenvalue weighted by Crippen LogP contribution is 2.52. The lowest BCUT2D eigenvalue weighted by Gasteiger charge is -2.47. The molecule has 7 N–H and O–H groups in total. The number of likely N-dealkylation sites (tertiary alicyclic amines) is 1. The number of anilines is 1. The fraction of sp³-hybridized carbons (Fsp3) is 0.667. The normalized spacial score (nSPS) is 30.0. The lowest BCUT2D eigenvalue weighted by molar-refractivity contribution is -0.158. The maximum absolute atomic E-state index is 13.2. The highest BCUT2D eigenvalue weighted by atomic mass is 32.2. The highest BCUT2D eigenvalue weighted by molar-refractivity contribution is 8.03. The Balaban J connectivity index is 1.22. The van der Waals surface area contributed by atoms with E-state index in [0.29, 0.717) is 35.6 Å². The number of hydrogen-bond acceptors (Lipinski definition) is 10. The fourth-order valence-corrected chi connectivity index (χ4v) is 7.66. The number of nitrogens with zero attached hydrogens (tertiary/aromatic N) is 5. The highest BCUT2D eigenvalue weighted by Gasteiger charge is 2.60. The molecular formula is C24H32F3N9O5S. The van der Waals surface area contributed by atoms with Gasteiger partial charge in [-0.3, -0.25) is 14.4 Å². The summed E-state index contributed by atoms with van der Waals surface area (Å²) in [6, 6.07) is -1.73. The van der Waals surface area contributed by atoms with E-state index in [1.54, 1.807) is 11.8 Å². The monoisotopic (exact) mass is 615 g/mol. The van der Waals surface area contributed by atoms with Crippen LogP contribution in [0.2, 0.25) is 0 Å². The number of carbonyl (C=O) groups excluding carboxylic acids is 3. The van der Waals surface area contributed by atoms with Crippen LogP contribution in [0, 0.1) is 11.8 Å². The van der Waals surface area contributed by atoms with Crippen LogP contribution in [0.1, 0.15) is 32.5 Å². The number of thioether (sulfide) groups is 1. The molecule has 7 atom stereocenters. The van der Waals surface area contributed by atoms with E-state index in [2.05, 4.69) is 20.7 Å². The van der Waals surface area contributed by atoms with Gasteiger partial charge in [0.25, 0.3) is 5.82 Å². The molecule has 3 saturated heterocycles. The van der Waals surface area contributed by atoms with E-state index in [1.807, 2.05) is 6.92 Å². The van der Waals surface area contributed by atoms with Crippen LogP contribution in [-0.2, 0) is 31.9 Å². The molecule has 0 saturated carbocycles. The van der Waals surface area contributed by atoms with Crippen molar-refractivity contribution in [1.29, 1.82) is 0 Å². The van der Waals surface area contributed by atoms with Gasteiger partial charge in [0.1, 0.15) is 12.2 Å². The van der Waals surface area contributed by atoms with Crippen LogP contribution in [0.15, 0.2) is 10.6 Å². The van der Waals surface area contributed by atoms with Crippen molar-refractivity contribution in [2.24, 2.45) is 17.6 Å². The molecule has 0 aromatic carbocycles. The maximum atomic E-state index is 13.2. The predicted molar refractivity (Wildman–Crippen MR) is 142 cm³/mol. The minimum absolute atomic E-state index is 0.0242. The number of halogens is 3. The van der Waals surface area contributed by atoms with E-state index >= 15 is 0 Å². The van der Waals surface area contributed by atoms with E-state index in [0.717, 1.165) is 6.42 Å². The Morgan fingerprint density at radius 2 is 2.02 bits per heavy atom. The van der Waals surface area contributed by atoms with E-state index in [-0.39, 0.29) is 28.8 Å². The minimum Gasteiger partial charge on any atom is -0.477 e. The van der Waals surface area contributed by atoms with Crippen molar-refractivity contribution in [2.75, 3.05) is 25.4 Å². The molecule has 14 nitrogen and oxygen atoms in total. The van der Waals surface area contributed by atoms with Crippen LogP contribution >= 0.6 is 11.8 Å². The molecule has 5 rings (SSSR count). The summed E-state index contributed by atoms with van der Waals surface area (Å²) in [4.78, 5) is 57.6. The molecule has 1 unspecified atom stereocenters. The van der Waals surface area contributed by atoms with Crippen LogP contribution in [-0.4, -0.2) is 102 Å². The van der Waals surface area contributed by atoms with Gasteiger partial charge in [0.2, 0.25) is 23.7 Å². The van der Waals surface area contributed by atoms with Crippen molar-refractivity contribution >= 4 is 41.4 Å². The third-order valence-corrected chi connectivity index (χ3v) is 9.70.